The molecule has 1 N–H and O–H groups in total. The molecule has 0 aliphatic rings. The second kappa shape index (κ2) is 6.39. The van der Waals surface area contributed by atoms with Crippen molar-refractivity contribution in [2.45, 2.75) is 20.8 Å². The fourth-order valence-corrected chi connectivity index (χ4v) is 2.63. The van der Waals surface area contributed by atoms with E-state index in [1.807, 2.05) is 44.2 Å². The number of carbonyl (C=O) groups is 2. The Morgan fingerprint density at radius 2 is 1.76 bits per heavy atom. The lowest BCUT2D eigenvalue weighted by atomic mass is 10.2. The molecular formula is C19H20N4O2. The fraction of sp³-hybridized carbons (Fsp3) is 0.211. The Morgan fingerprint density at radius 3 is 2.36 bits per heavy atom. The van der Waals surface area contributed by atoms with Gasteiger partial charge in [-0.2, -0.15) is 5.10 Å². The number of rotatable bonds is 4. The van der Waals surface area contributed by atoms with Crippen LogP contribution in [0.25, 0.3) is 5.69 Å². The lowest BCUT2D eigenvalue weighted by Gasteiger charge is -2.09. The third-order valence-corrected chi connectivity index (χ3v) is 4.00. The van der Waals surface area contributed by atoms with Crippen LogP contribution < -0.4 is 5.32 Å². The van der Waals surface area contributed by atoms with E-state index in [-0.39, 0.29) is 11.7 Å². The van der Waals surface area contributed by atoms with Crippen LogP contribution in [0.4, 0.5) is 5.82 Å². The van der Waals surface area contributed by atoms with Crippen molar-refractivity contribution >= 4 is 17.5 Å². The largest absolute Gasteiger partial charge is 0.346 e. The summed E-state index contributed by atoms with van der Waals surface area (Å²) in [7, 11) is 1.74. The molecule has 25 heavy (non-hydrogen) atoms. The number of aryl methyl sites for hydroxylation is 3. The number of anilines is 1. The van der Waals surface area contributed by atoms with E-state index in [9.17, 15) is 9.59 Å². The third kappa shape index (κ3) is 3.38. The van der Waals surface area contributed by atoms with Crippen LogP contribution in [0.3, 0.4) is 0 Å². The van der Waals surface area contributed by atoms with E-state index >= 15 is 0 Å². The van der Waals surface area contributed by atoms with Crippen LogP contribution in [0.1, 0.15) is 39.0 Å². The Hall–Kier alpha value is -3.15. The van der Waals surface area contributed by atoms with E-state index in [0.717, 1.165) is 16.9 Å². The SMILES string of the molecule is CC(=O)c1cc(C(=O)Nc2cc(C)nn2-c2ccc(C)cc2)n(C)c1. The summed E-state index contributed by atoms with van der Waals surface area (Å²) < 4.78 is 3.34. The minimum absolute atomic E-state index is 0.0739. The highest BCUT2D eigenvalue weighted by Crippen LogP contribution is 2.19. The van der Waals surface area contributed by atoms with Gasteiger partial charge in [0.2, 0.25) is 0 Å². The highest BCUT2D eigenvalue weighted by molar-refractivity contribution is 6.05. The summed E-state index contributed by atoms with van der Waals surface area (Å²) in [5.74, 6) is 0.218. The van der Waals surface area contributed by atoms with Crippen LogP contribution >= 0.6 is 0 Å². The lowest BCUT2D eigenvalue weighted by molar-refractivity contribution is 0.101. The van der Waals surface area contributed by atoms with Gasteiger partial charge in [0.05, 0.1) is 11.4 Å². The van der Waals surface area contributed by atoms with Gasteiger partial charge in [-0.1, -0.05) is 17.7 Å². The Balaban J connectivity index is 1.92. The minimum atomic E-state index is -0.289. The average Bonchev–Trinajstić information content (AvgIpc) is 3.11. The molecule has 3 aromatic rings. The number of amides is 1. The number of Topliss-reactive ketones (excluding diaryl/α,β-unsaturated/α-hetero) is 1. The first-order valence-corrected chi connectivity index (χ1v) is 7.97. The van der Waals surface area contributed by atoms with Gasteiger partial charge in [-0.3, -0.25) is 9.59 Å². The maximum atomic E-state index is 12.6. The zero-order chi connectivity index (χ0) is 18.1. The second-order valence-electron chi connectivity index (χ2n) is 6.15. The molecule has 0 bridgehead atoms. The van der Waals surface area contributed by atoms with Gasteiger partial charge >= 0.3 is 0 Å². The van der Waals surface area contributed by atoms with Gasteiger partial charge in [0, 0.05) is 24.9 Å². The summed E-state index contributed by atoms with van der Waals surface area (Å²) in [5, 5.41) is 7.34. The monoisotopic (exact) mass is 336 g/mol. The van der Waals surface area contributed by atoms with Crippen molar-refractivity contribution < 1.29 is 9.59 Å². The molecule has 0 saturated carbocycles. The van der Waals surface area contributed by atoms with Crippen LogP contribution in [0.2, 0.25) is 0 Å². The highest BCUT2D eigenvalue weighted by Gasteiger charge is 2.17. The summed E-state index contributed by atoms with van der Waals surface area (Å²) in [4.78, 5) is 24.1. The van der Waals surface area contributed by atoms with E-state index in [4.69, 9.17) is 0 Å². The predicted octanol–water partition coefficient (Wildman–Crippen LogP) is 3.28. The highest BCUT2D eigenvalue weighted by atomic mass is 16.2. The first kappa shape index (κ1) is 16.7. The summed E-state index contributed by atoms with van der Waals surface area (Å²) in [6.07, 6.45) is 1.65. The number of nitrogens with zero attached hydrogens (tertiary/aromatic N) is 3. The molecule has 0 aliphatic heterocycles. The average molecular weight is 336 g/mol. The van der Waals surface area contributed by atoms with Gasteiger partial charge in [0.25, 0.3) is 5.91 Å². The normalized spacial score (nSPS) is 10.7. The number of ketones is 1. The number of benzene rings is 1. The summed E-state index contributed by atoms with van der Waals surface area (Å²) >= 11 is 0. The quantitative estimate of drug-likeness (QED) is 0.743. The molecule has 6 nitrogen and oxygen atoms in total. The summed E-state index contributed by atoms with van der Waals surface area (Å²) in [6.45, 7) is 5.37. The minimum Gasteiger partial charge on any atom is -0.346 e. The van der Waals surface area contributed by atoms with Crippen LogP contribution in [0.15, 0.2) is 42.6 Å². The van der Waals surface area contributed by atoms with Gasteiger partial charge in [-0.25, -0.2) is 4.68 Å². The van der Waals surface area contributed by atoms with Crippen molar-refractivity contribution in [3.8, 4) is 5.69 Å². The number of aromatic nitrogens is 3. The van der Waals surface area contributed by atoms with Crippen molar-refractivity contribution in [1.82, 2.24) is 14.3 Å². The topological polar surface area (TPSA) is 68.9 Å². The first-order chi connectivity index (χ1) is 11.8. The molecule has 6 heteroatoms. The Bertz CT molecular complexity index is 948. The number of hydrogen-bond acceptors (Lipinski definition) is 3. The molecule has 0 atom stereocenters. The molecule has 2 aromatic heterocycles. The maximum Gasteiger partial charge on any atom is 0.273 e. The van der Waals surface area contributed by atoms with E-state index in [2.05, 4.69) is 10.4 Å². The van der Waals surface area contributed by atoms with Gasteiger partial charge < -0.3 is 9.88 Å². The number of hydrogen-bond donors (Lipinski definition) is 1. The van der Waals surface area contributed by atoms with Crippen LogP contribution in [0, 0.1) is 13.8 Å². The van der Waals surface area contributed by atoms with Crippen LogP contribution in [-0.2, 0) is 7.05 Å². The fourth-order valence-electron chi connectivity index (χ4n) is 2.63. The van der Waals surface area contributed by atoms with Crippen LogP contribution in [0.5, 0.6) is 0 Å². The van der Waals surface area contributed by atoms with E-state index in [0.29, 0.717) is 17.1 Å². The predicted molar refractivity (Wildman–Crippen MR) is 96.4 cm³/mol. The van der Waals surface area contributed by atoms with Crippen molar-refractivity contribution in [1.29, 1.82) is 0 Å². The molecule has 0 unspecified atom stereocenters. The molecule has 3 rings (SSSR count). The summed E-state index contributed by atoms with van der Waals surface area (Å²) in [5.41, 5.74) is 3.74. The van der Waals surface area contributed by atoms with Crippen molar-refractivity contribution in [3.05, 3.63) is 65.1 Å². The zero-order valence-electron chi connectivity index (χ0n) is 14.7. The zero-order valence-corrected chi connectivity index (χ0v) is 14.7. The standard InChI is InChI=1S/C19H20N4O2/c1-12-5-7-16(8-6-12)23-18(9-13(2)21-23)20-19(25)17-10-15(14(3)24)11-22(17)4/h5-11H,1-4H3,(H,20,25). The first-order valence-electron chi connectivity index (χ1n) is 7.97. The van der Waals surface area contributed by atoms with E-state index in [1.165, 1.54) is 6.92 Å². The molecular weight excluding hydrogens is 316 g/mol. The van der Waals surface area contributed by atoms with Gasteiger partial charge in [-0.15, -0.1) is 0 Å². The molecule has 0 spiro atoms. The van der Waals surface area contributed by atoms with Gasteiger partial charge in [-0.05, 0) is 39.0 Å². The van der Waals surface area contributed by atoms with Crippen molar-refractivity contribution in [2.75, 3.05) is 5.32 Å². The van der Waals surface area contributed by atoms with E-state index in [1.54, 1.807) is 28.6 Å². The molecule has 0 saturated heterocycles. The summed E-state index contributed by atoms with van der Waals surface area (Å²) in [6, 6.07) is 11.3. The molecule has 128 valence electrons. The smallest absolute Gasteiger partial charge is 0.273 e. The van der Waals surface area contributed by atoms with Crippen LogP contribution in [-0.4, -0.2) is 26.0 Å². The molecule has 1 amide bonds. The van der Waals surface area contributed by atoms with Gasteiger partial charge in [0.15, 0.2) is 5.78 Å². The molecule has 0 fully saturated rings. The molecule has 0 aliphatic carbocycles. The Kier molecular flexibility index (Phi) is 4.27. The molecule has 0 radical (unpaired) electrons. The van der Waals surface area contributed by atoms with Crippen molar-refractivity contribution in [3.63, 3.8) is 0 Å². The Morgan fingerprint density at radius 1 is 1.08 bits per heavy atom. The Labute approximate surface area is 146 Å². The van der Waals surface area contributed by atoms with E-state index < -0.39 is 0 Å². The third-order valence-electron chi connectivity index (χ3n) is 4.00. The molecule has 1 aromatic carbocycles. The van der Waals surface area contributed by atoms with Crippen molar-refractivity contribution in [2.24, 2.45) is 7.05 Å². The number of nitrogens with one attached hydrogen (secondary N) is 1. The lowest BCUT2D eigenvalue weighted by Crippen LogP contribution is -2.17. The molecule has 2 heterocycles. The van der Waals surface area contributed by atoms with Gasteiger partial charge in [0.1, 0.15) is 11.5 Å². The second-order valence-corrected chi connectivity index (χ2v) is 6.15. The maximum absolute atomic E-state index is 12.6. The number of carbonyl (C=O) groups excluding carboxylic acids is 2.